The molecule has 2 unspecified atom stereocenters. The van der Waals surface area contributed by atoms with Crippen LogP contribution in [0.15, 0.2) is 22.7 Å². The number of methoxy groups -OCH3 is 1. The van der Waals surface area contributed by atoms with Crippen molar-refractivity contribution in [3.05, 3.63) is 28.2 Å². The molecule has 0 heterocycles. The Bertz CT molecular complexity index is 353. The summed E-state index contributed by atoms with van der Waals surface area (Å²) in [5, 5.41) is 9.20. The van der Waals surface area contributed by atoms with Gasteiger partial charge in [-0.3, -0.25) is 0 Å². The average molecular weight is 302 g/mol. The van der Waals surface area contributed by atoms with Crippen molar-refractivity contribution < 1.29 is 9.84 Å². The second kappa shape index (κ2) is 6.99. The Kier molecular flexibility index (Phi) is 5.95. The molecule has 1 aromatic carbocycles. The number of ether oxygens (including phenoxy) is 1. The molecule has 1 aromatic rings. The first-order valence-electron chi connectivity index (χ1n) is 5.75. The summed E-state index contributed by atoms with van der Waals surface area (Å²) in [6, 6.07) is 6.05. The Labute approximate surface area is 111 Å². The lowest BCUT2D eigenvalue weighted by Gasteiger charge is -2.20. The van der Waals surface area contributed by atoms with Crippen molar-refractivity contribution in [3.8, 4) is 5.75 Å². The van der Waals surface area contributed by atoms with Gasteiger partial charge >= 0.3 is 0 Å². The number of nitrogens with two attached hydrogens (primary N) is 1. The number of benzene rings is 1. The average Bonchev–Trinajstić information content (AvgIpc) is 2.31. The van der Waals surface area contributed by atoms with E-state index in [9.17, 15) is 5.11 Å². The van der Waals surface area contributed by atoms with Crippen molar-refractivity contribution in [1.82, 2.24) is 0 Å². The largest absolute Gasteiger partial charge is 0.496 e. The van der Waals surface area contributed by atoms with Gasteiger partial charge in [0.25, 0.3) is 0 Å². The molecule has 0 amide bonds. The summed E-state index contributed by atoms with van der Waals surface area (Å²) in [5.41, 5.74) is 6.84. The minimum absolute atomic E-state index is 0.148. The predicted molar refractivity (Wildman–Crippen MR) is 73.2 cm³/mol. The third kappa shape index (κ3) is 3.98. The fourth-order valence-corrected chi connectivity index (χ4v) is 2.45. The standard InChI is InChI=1S/C13H20BrNO2/c1-9(11(7-15)8-16)5-10-3-4-13(17-2)12(14)6-10/h3-4,6,9,11,16H,5,7-8,15H2,1-2H3. The Morgan fingerprint density at radius 2 is 2.18 bits per heavy atom. The molecule has 3 nitrogen and oxygen atoms in total. The molecular formula is C13H20BrNO2. The van der Waals surface area contributed by atoms with Crippen molar-refractivity contribution in [1.29, 1.82) is 0 Å². The van der Waals surface area contributed by atoms with Crippen molar-refractivity contribution in [2.24, 2.45) is 17.6 Å². The Morgan fingerprint density at radius 1 is 1.47 bits per heavy atom. The third-order valence-electron chi connectivity index (χ3n) is 3.12. The van der Waals surface area contributed by atoms with Gasteiger partial charge in [0.05, 0.1) is 11.6 Å². The minimum Gasteiger partial charge on any atom is -0.496 e. The van der Waals surface area contributed by atoms with Crippen LogP contribution in [-0.2, 0) is 6.42 Å². The van der Waals surface area contributed by atoms with Crippen LogP contribution in [-0.4, -0.2) is 25.4 Å². The van der Waals surface area contributed by atoms with Gasteiger partial charge in [-0.25, -0.2) is 0 Å². The molecule has 0 aliphatic rings. The molecular weight excluding hydrogens is 282 g/mol. The van der Waals surface area contributed by atoms with Crippen molar-refractivity contribution in [3.63, 3.8) is 0 Å². The number of aliphatic hydroxyl groups excluding tert-OH is 1. The first-order valence-corrected chi connectivity index (χ1v) is 6.55. The number of rotatable bonds is 6. The summed E-state index contributed by atoms with van der Waals surface area (Å²) >= 11 is 3.47. The number of aliphatic hydroxyl groups is 1. The Morgan fingerprint density at radius 3 is 2.65 bits per heavy atom. The lowest BCUT2D eigenvalue weighted by molar-refractivity contribution is 0.187. The second-order valence-electron chi connectivity index (χ2n) is 4.33. The quantitative estimate of drug-likeness (QED) is 0.847. The highest BCUT2D eigenvalue weighted by Gasteiger charge is 2.15. The summed E-state index contributed by atoms with van der Waals surface area (Å²) in [5.74, 6) is 1.36. The van der Waals surface area contributed by atoms with E-state index in [0.717, 1.165) is 16.6 Å². The summed E-state index contributed by atoms with van der Waals surface area (Å²) in [7, 11) is 1.65. The van der Waals surface area contributed by atoms with Crippen LogP contribution in [0.5, 0.6) is 5.75 Å². The van der Waals surface area contributed by atoms with Crippen LogP contribution < -0.4 is 10.5 Å². The fraction of sp³-hybridized carbons (Fsp3) is 0.538. The first kappa shape index (κ1) is 14.5. The van der Waals surface area contributed by atoms with Gasteiger partial charge in [0, 0.05) is 6.61 Å². The van der Waals surface area contributed by atoms with Gasteiger partial charge in [0.1, 0.15) is 5.75 Å². The third-order valence-corrected chi connectivity index (χ3v) is 3.74. The van der Waals surface area contributed by atoms with Crippen molar-refractivity contribution in [2.75, 3.05) is 20.3 Å². The number of hydrogen-bond donors (Lipinski definition) is 2. The van der Waals surface area contributed by atoms with E-state index in [1.807, 2.05) is 12.1 Å². The van der Waals surface area contributed by atoms with Gasteiger partial charge in [-0.1, -0.05) is 13.0 Å². The maximum Gasteiger partial charge on any atom is 0.133 e. The van der Waals surface area contributed by atoms with Crippen LogP contribution in [0.4, 0.5) is 0 Å². The monoisotopic (exact) mass is 301 g/mol. The number of hydrogen-bond acceptors (Lipinski definition) is 3. The van der Waals surface area contributed by atoms with Crippen LogP contribution in [0.3, 0.4) is 0 Å². The van der Waals surface area contributed by atoms with E-state index in [-0.39, 0.29) is 12.5 Å². The number of halogens is 1. The summed E-state index contributed by atoms with van der Waals surface area (Å²) < 4.78 is 6.14. The molecule has 2 atom stereocenters. The van der Waals surface area contributed by atoms with Gasteiger partial charge < -0.3 is 15.6 Å². The molecule has 0 spiro atoms. The van der Waals surface area contributed by atoms with Gasteiger partial charge in [-0.2, -0.15) is 0 Å². The lowest BCUT2D eigenvalue weighted by atomic mass is 9.89. The van der Waals surface area contributed by atoms with Crippen LogP contribution in [0.25, 0.3) is 0 Å². The highest BCUT2D eigenvalue weighted by Crippen LogP contribution is 2.27. The fourth-order valence-electron chi connectivity index (χ4n) is 1.86. The van der Waals surface area contributed by atoms with E-state index in [0.29, 0.717) is 12.5 Å². The zero-order valence-electron chi connectivity index (χ0n) is 10.3. The van der Waals surface area contributed by atoms with Crippen LogP contribution in [0.2, 0.25) is 0 Å². The molecule has 0 fully saturated rings. The van der Waals surface area contributed by atoms with E-state index in [1.54, 1.807) is 7.11 Å². The lowest BCUT2D eigenvalue weighted by Crippen LogP contribution is -2.26. The molecule has 17 heavy (non-hydrogen) atoms. The van der Waals surface area contributed by atoms with Crippen molar-refractivity contribution >= 4 is 15.9 Å². The summed E-state index contributed by atoms with van der Waals surface area (Å²) in [4.78, 5) is 0. The van der Waals surface area contributed by atoms with Crippen LogP contribution in [0.1, 0.15) is 12.5 Å². The highest BCUT2D eigenvalue weighted by molar-refractivity contribution is 9.10. The van der Waals surface area contributed by atoms with Gasteiger partial charge in [0.2, 0.25) is 0 Å². The molecule has 0 aromatic heterocycles. The normalized spacial score (nSPS) is 14.4. The van der Waals surface area contributed by atoms with E-state index < -0.39 is 0 Å². The molecule has 3 N–H and O–H groups in total. The molecule has 1 rings (SSSR count). The van der Waals surface area contributed by atoms with Crippen LogP contribution >= 0.6 is 15.9 Å². The first-order chi connectivity index (χ1) is 8.12. The van der Waals surface area contributed by atoms with Gasteiger partial charge in [-0.05, 0) is 58.4 Å². The molecule has 4 heteroatoms. The van der Waals surface area contributed by atoms with Gasteiger partial charge in [0.15, 0.2) is 0 Å². The molecule has 96 valence electrons. The molecule has 0 radical (unpaired) electrons. The van der Waals surface area contributed by atoms with E-state index in [2.05, 4.69) is 28.9 Å². The Hall–Kier alpha value is -0.580. The summed E-state index contributed by atoms with van der Waals surface area (Å²) in [6.07, 6.45) is 0.908. The van der Waals surface area contributed by atoms with E-state index in [1.165, 1.54) is 5.56 Å². The predicted octanol–water partition coefficient (Wildman–Crippen LogP) is 2.20. The molecule has 0 saturated carbocycles. The zero-order chi connectivity index (χ0) is 12.8. The smallest absolute Gasteiger partial charge is 0.133 e. The second-order valence-corrected chi connectivity index (χ2v) is 5.18. The molecule has 0 bridgehead atoms. The SMILES string of the molecule is COc1ccc(CC(C)C(CN)CO)cc1Br. The topological polar surface area (TPSA) is 55.5 Å². The minimum atomic E-state index is 0.148. The maximum absolute atomic E-state index is 9.20. The van der Waals surface area contributed by atoms with Crippen LogP contribution in [0, 0.1) is 11.8 Å². The van der Waals surface area contributed by atoms with Gasteiger partial charge in [-0.15, -0.1) is 0 Å². The maximum atomic E-state index is 9.20. The summed E-state index contributed by atoms with van der Waals surface area (Å²) in [6.45, 7) is 2.79. The molecule has 0 saturated heterocycles. The Balaban J connectivity index is 2.71. The van der Waals surface area contributed by atoms with E-state index in [4.69, 9.17) is 10.5 Å². The molecule has 0 aliphatic carbocycles. The highest BCUT2D eigenvalue weighted by atomic mass is 79.9. The van der Waals surface area contributed by atoms with Crippen molar-refractivity contribution in [2.45, 2.75) is 13.3 Å². The molecule has 0 aliphatic heterocycles. The van der Waals surface area contributed by atoms with E-state index >= 15 is 0 Å². The zero-order valence-corrected chi connectivity index (χ0v) is 11.9.